The SMILES string of the molecule is CS(=O)(=O)Cc1ccc(Cl)c(C(=O)O)c1. The van der Waals surface area contributed by atoms with Crippen molar-refractivity contribution in [3.8, 4) is 0 Å². The molecule has 0 radical (unpaired) electrons. The molecule has 1 rings (SSSR count). The van der Waals surface area contributed by atoms with Crippen LogP contribution in [0.1, 0.15) is 15.9 Å². The predicted octanol–water partition coefficient (Wildman–Crippen LogP) is 1.58. The number of halogens is 1. The van der Waals surface area contributed by atoms with Crippen LogP contribution in [-0.2, 0) is 15.6 Å². The van der Waals surface area contributed by atoms with E-state index in [9.17, 15) is 13.2 Å². The van der Waals surface area contributed by atoms with Crippen molar-refractivity contribution in [3.05, 3.63) is 34.3 Å². The summed E-state index contributed by atoms with van der Waals surface area (Å²) >= 11 is 5.63. The number of carbonyl (C=O) groups is 1. The topological polar surface area (TPSA) is 71.4 Å². The van der Waals surface area contributed by atoms with Crippen LogP contribution >= 0.6 is 11.6 Å². The average molecular weight is 249 g/mol. The lowest BCUT2D eigenvalue weighted by Crippen LogP contribution is -2.03. The molecule has 0 aliphatic rings. The summed E-state index contributed by atoms with van der Waals surface area (Å²) in [5.74, 6) is -1.36. The van der Waals surface area contributed by atoms with Crippen LogP contribution in [0.4, 0.5) is 0 Å². The summed E-state index contributed by atoms with van der Waals surface area (Å²) in [7, 11) is -3.17. The molecule has 1 aromatic rings. The smallest absolute Gasteiger partial charge is 0.337 e. The first-order valence-corrected chi connectivity index (χ1v) is 6.43. The maximum Gasteiger partial charge on any atom is 0.337 e. The third-order valence-corrected chi connectivity index (χ3v) is 2.88. The first kappa shape index (κ1) is 12.0. The molecule has 0 fully saturated rings. The van der Waals surface area contributed by atoms with Gasteiger partial charge in [0.05, 0.1) is 16.3 Å². The molecule has 1 aromatic carbocycles. The molecule has 1 N–H and O–H groups in total. The van der Waals surface area contributed by atoms with Gasteiger partial charge in [-0.25, -0.2) is 13.2 Å². The Balaban J connectivity index is 3.14. The number of hydrogen-bond donors (Lipinski definition) is 1. The van der Waals surface area contributed by atoms with Gasteiger partial charge in [-0.1, -0.05) is 17.7 Å². The summed E-state index contributed by atoms with van der Waals surface area (Å²) in [4.78, 5) is 10.7. The van der Waals surface area contributed by atoms with Crippen molar-refractivity contribution in [2.45, 2.75) is 5.75 Å². The molecule has 0 saturated carbocycles. The van der Waals surface area contributed by atoms with Crippen molar-refractivity contribution in [2.75, 3.05) is 6.26 Å². The summed E-state index contributed by atoms with van der Waals surface area (Å²) in [6.07, 6.45) is 1.09. The van der Waals surface area contributed by atoms with Gasteiger partial charge in [-0.15, -0.1) is 0 Å². The molecular formula is C9H9ClO4S. The lowest BCUT2D eigenvalue weighted by Gasteiger charge is -2.03. The van der Waals surface area contributed by atoms with Gasteiger partial charge in [0.1, 0.15) is 0 Å². The Kier molecular flexibility index (Phi) is 3.36. The molecule has 4 nitrogen and oxygen atoms in total. The van der Waals surface area contributed by atoms with Crippen molar-refractivity contribution in [2.24, 2.45) is 0 Å². The van der Waals surface area contributed by atoms with E-state index in [4.69, 9.17) is 16.7 Å². The lowest BCUT2D eigenvalue weighted by molar-refractivity contribution is 0.0697. The van der Waals surface area contributed by atoms with Crippen molar-refractivity contribution in [1.82, 2.24) is 0 Å². The Morgan fingerprint density at radius 2 is 2.07 bits per heavy atom. The lowest BCUT2D eigenvalue weighted by atomic mass is 10.1. The molecule has 0 heterocycles. The first-order chi connectivity index (χ1) is 6.79. The number of sulfone groups is 1. The zero-order chi connectivity index (χ0) is 11.6. The molecule has 0 aromatic heterocycles. The molecule has 82 valence electrons. The maximum atomic E-state index is 11.0. The van der Waals surface area contributed by atoms with Crippen molar-refractivity contribution in [1.29, 1.82) is 0 Å². The van der Waals surface area contributed by atoms with Gasteiger partial charge in [-0.2, -0.15) is 0 Å². The van der Waals surface area contributed by atoms with Gasteiger partial charge in [0, 0.05) is 6.26 Å². The molecule has 0 spiro atoms. The standard InChI is InChI=1S/C9H9ClO4S/c1-15(13,14)5-6-2-3-8(10)7(4-6)9(11)12/h2-4H,5H2,1H3,(H,11,12). The molecule has 6 heteroatoms. The number of benzene rings is 1. The zero-order valence-electron chi connectivity index (χ0n) is 7.90. The second-order valence-corrected chi connectivity index (χ2v) is 5.74. The normalized spacial score (nSPS) is 11.3. The van der Waals surface area contributed by atoms with E-state index in [2.05, 4.69) is 0 Å². The number of hydrogen-bond acceptors (Lipinski definition) is 3. The summed E-state index contributed by atoms with van der Waals surface area (Å²) in [6, 6.07) is 4.15. The van der Waals surface area contributed by atoms with Gasteiger partial charge in [-0.3, -0.25) is 0 Å². The van der Waals surface area contributed by atoms with Gasteiger partial charge < -0.3 is 5.11 Å². The van der Waals surface area contributed by atoms with Gasteiger partial charge in [0.2, 0.25) is 0 Å². The maximum absolute atomic E-state index is 11.0. The molecule has 0 amide bonds. The summed E-state index contributed by atoms with van der Waals surface area (Å²) in [5.41, 5.74) is 0.331. The summed E-state index contributed by atoms with van der Waals surface area (Å²) < 4.78 is 22.0. The second kappa shape index (κ2) is 4.20. The number of aromatic carboxylic acids is 1. The van der Waals surface area contributed by atoms with Crippen molar-refractivity contribution >= 4 is 27.4 Å². The Bertz CT molecular complexity index is 493. The van der Waals surface area contributed by atoms with Crippen LogP contribution in [0.5, 0.6) is 0 Å². The molecule has 15 heavy (non-hydrogen) atoms. The van der Waals surface area contributed by atoms with Crippen LogP contribution in [0.25, 0.3) is 0 Å². The van der Waals surface area contributed by atoms with E-state index in [0.29, 0.717) is 5.56 Å². The highest BCUT2D eigenvalue weighted by Crippen LogP contribution is 2.18. The molecule has 0 saturated heterocycles. The van der Waals surface area contributed by atoms with Gasteiger partial charge in [0.25, 0.3) is 0 Å². The van der Waals surface area contributed by atoms with Crippen LogP contribution in [-0.4, -0.2) is 25.7 Å². The molecule has 0 unspecified atom stereocenters. The van der Waals surface area contributed by atoms with Gasteiger partial charge in [0.15, 0.2) is 9.84 Å². The highest BCUT2D eigenvalue weighted by atomic mass is 35.5. The van der Waals surface area contributed by atoms with E-state index in [1.165, 1.54) is 18.2 Å². The third-order valence-electron chi connectivity index (χ3n) is 1.69. The summed E-state index contributed by atoms with van der Waals surface area (Å²) in [6.45, 7) is 0. The fraction of sp³-hybridized carbons (Fsp3) is 0.222. The first-order valence-electron chi connectivity index (χ1n) is 3.99. The van der Waals surface area contributed by atoms with Crippen molar-refractivity contribution < 1.29 is 18.3 Å². The minimum Gasteiger partial charge on any atom is -0.478 e. The van der Waals surface area contributed by atoms with E-state index >= 15 is 0 Å². The fourth-order valence-electron chi connectivity index (χ4n) is 1.13. The monoisotopic (exact) mass is 248 g/mol. The molecule has 0 bridgehead atoms. The average Bonchev–Trinajstić information content (AvgIpc) is 2.05. The Labute approximate surface area is 92.4 Å². The quantitative estimate of drug-likeness (QED) is 0.882. The van der Waals surface area contributed by atoms with Gasteiger partial charge >= 0.3 is 5.97 Å². The fourth-order valence-corrected chi connectivity index (χ4v) is 2.11. The number of carboxylic acids is 1. The Morgan fingerprint density at radius 3 is 2.53 bits per heavy atom. The molecule has 0 atom stereocenters. The number of rotatable bonds is 3. The minimum atomic E-state index is -3.17. The highest BCUT2D eigenvalue weighted by Gasteiger charge is 2.11. The third kappa shape index (κ3) is 3.53. The van der Waals surface area contributed by atoms with Crippen LogP contribution in [0, 0.1) is 0 Å². The van der Waals surface area contributed by atoms with E-state index < -0.39 is 15.8 Å². The van der Waals surface area contributed by atoms with Crippen LogP contribution < -0.4 is 0 Å². The van der Waals surface area contributed by atoms with E-state index in [1.807, 2.05) is 0 Å². The molecule has 0 aliphatic carbocycles. The zero-order valence-corrected chi connectivity index (χ0v) is 9.47. The van der Waals surface area contributed by atoms with Crippen molar-refractivity contribution in [3.63, 3.8) is 0 Å². The summed E-state index contributed by atoms with van der Waals surface area (Å²) in [5, 5.41) is 8.85. The predicted molar refractivity (Wildman–Crippen MR) is 57.0 cm³/mol. The Hall–Kier alpha value is -1.07. The van der Waals surface area contributed by atoms with E-state index in [0.717, 1.165) is 6.26 Å². The second-order valence-electron chi connectivity index (χ2n) is 3.19. The van der Waals surface area contributed by atoms with Crippen LogP contribution in [0.3, 0.4) is 0 Å². The van der Waals surface area contributed by atoms with Crippen LogP contribution in [0.15, 0.2) is 18.2 Å². The largest absolute Gasteiger partial charge is 0.478 e. The highest BCUT2D eigenvalue weighted by molar-refractivity contribution is 7.89. The van der Waals surface area contributed by atoms with Crippen LogP contribution in [0.2, 0.25) is 5.02 Å². The van der Waals surface area contributed by atoms with E-state index in [-0.39, 0.29) is 16.3 Å². The molecule has 0 aliphatic heterocycles. The van der Waals surface area contributed by atoms with E-state index in [1.54, 1.807) is 0 Å². The minimum absolute atomic E-state index is 0.0854. The Morgan fingerprint density at radius 1 is 1.47 bits per heavy atom. The molecular weight excluding hydrogens is 240 g/mol. The van der Waals surface area contributed by atoms with Gasteiger partial charge in [-0.05, 0) is 17.7 Å². The number of carboxylic acid groups (broad SMARTS) is 1.